The maximum absolute atomic E-state index is 12.0. The van der Waals surface area contributed by atoms with Gasteiger partial charge in [0.25, 0.3) is 0 Å². The van der Waals surface area contributed by atoms with Crippen molar-refractivity contribution in [2.24, 2.45) is 0 Å². The predicted molar refractivity (Wildman–Crippen MR) is 72.5 cm³/mol. The van der Waals surface area contributed by atoms with Crippen LogP contribution in [0.2, 0.25) is 0 Å². The van der Waals surface area contributed by atoms with Crippen LogP contribution in [-0.2, 0) is 4.74 Å². The molecule has 0 aliphatic rings. The Hall–Kier alpha value is -1.35. The number of carbonyl (C=O) groups excluding carboxylic acids is 1. The molecule has 0 saturated heterocycles. The number of hydrogen-bond acceptors (Lipinski definition) is 3. The van der Waals surface area contributed by atoms with Crippen molar-refractivity contribution in [2.45, 2.75) is 33.6 Å². The topological polar surface area (TPSA) is 35.5 Å². The van der Waals surface area contributed by atoms with Crippen LogP contribution in [0.5, 0.6) is 5.75 Å². The molecule has 1 aromatic carbocycles. The number of ether oxygens (including phenoxy) is 2. The van der Waals surface area contributed by atoms with Crippen molar-refractivity contribution in [3.05, 3.63) is 28.8 Å². The molecule has 0 radical (unpaired) electrons. The molecule has 1 aromatic rings. The molecule has 100 valence electrons. The Kier molecular flexibility index (Phi) is 5.86. The number of carbonyl (C=O) groups is 1. The minimum atomic E-state index is 0.125. The maximum atomic E-state index is 12.0. The van der Waals surface area contributed by atoms with Gasteiger partial charge in [-0.05, 0) is 43.5 Å². The molecule has 1 rings (SSSR count). The summed E-state index contributed by atoms with van der Waals surface area (Å²) in [4.78, 5) is 12.0. The van der Waals surface area contributed by atoms with Crippen LogP contribution in [-0.4, -0.2) is 26.1 Å². The van der Waals surface area contributed by atoms with Gasteiger partial charge in [0.05, 0.1) is 13.2 Å². The number of rotatable bonds is 7. The highest BCUT2D eigenvalue weighted by Gasteiger charge is 2.12. The number of ketones is 1. The molecular formula is C15H22O3. The van der Waals surface area contributed by atoms with Gasteiger partial charge in [0, 0.05) is 19.1 Å². The van der Waals surface area contributed by atoms with Crippen LogP contribution in [0, 0.1) is 13.8 Å². The van der Waals surface area contributed by atoms with Crippen LogP contribution in [0.25, 0.3) is 0 Å². The van der Waals surface area contributed by atoms with Gasteiger partial charge in [-0.25, -0.2) is 0 Å². The first kappa shape index (κ1) is 14.7. The fraction of sp³-hybridized carbons (Fsp3) is 0.533. The van der Waals surface area contributed by atoms with E-state index in [4.69, 9.17) is 9.47 Å². The molecule has 0 unspecified atom stereocenters. The van der Waals surface area contributed by atoms with Crippen molar-refractivity contribution >= 4 is 5.78 Å². The van der Waals surface area contributed by atoms with Crippen molar-refractivity contribution in [1.82, 2.24) is 0 Å². The highest BCUT2D eigenvalue weighted by Crippen LogP contribution is 2.24. The molecular weight excluding hydrogens is 228 g/mol. The van der Waals surface area contributed by atoms with Crippen LogP contribution in [0.3, 0.4) is 0 Å². The molecule has 0 amide bonds. The van der Waals surface area contributed by atoms with E-state index >= 15 is 0 Å². The number of benzene rings is 1. The number of aryl methyl sites for hydroxylation is 2. The van der Waals surface area contributed by atoms with Crippen LogP contribution >= 0.6 is 0 Å². The highest BCUT2D eigenvalue weighted by molar-refractivity contribution is 5.97. The van der Waals surface area contributed by atoms with Gasteiger partial charge in [0.1, 0.15) is 5.75 Å². The molecule has 18 heavy (non-hydrogen) atoms. The quantitative estimate of drug-likeness (QED) is 0.696. The Morgan fingerprint density at radius 2 is 1.89 bits per heavy atom. The molecule has 0 aromatic heterocycles. The summed E-state index contributed by atoms with van der Waals surface area (Å²) in [6, 6.07) is 3.86. The van der Waals surface area contributed by atoms with Gasteiger partial charge >= 0.3 is 0 Å². The SMILES string of the molecule is CCCOc1cc(C)c(C(=O)CCOC)cc1C. The van der Waals surface area contributed by atoms with Crippen molar-refractivity contribution in [3.8, 4) is 5.75 Å². The highest BCUT2D eigenvalue weighted by atomic mass is 16.5. The molecule has 0 aliphatic carbocycles. The Bertz CT molecular complexity index is 410. The van der Waals surface area contributed by atoms with E-state index < -0.39 is 0 Å². The van der Waals surface area contributed by atoms with Gasteiger partial charge in [-0.1, -0.05) is 6.92 Å². The summed E-state index contributed by atoms with van der Waals surface area (Å²) in [6.07, 6.45) is 1.40. The molecule has 0 fully saturated rings. The van der Waals surface area contributed by atoms with Gasteiger partial charge < -0.3 is 9.47 Å². The zero-order valence-electron chi connectivity index (χ0n) is 11.7. The van der Waals surface area contributed by atoms with E-state index in [1.807, 2.05) is 26.0 Å². The van der Waals surface area contributed by atoms with E-state index in [1.165, 1.54) is 0 Å². The fourth-order valence-corrected chi connectivity index (χ4v) is 1.79. The Morgan fingerprint density at radius 3 is 2.50 bits per heavy atom. The van der Waals surface area contributed by atoms with E-state index in [2.05, 4.69) is 6.92 Å². The lowest BCUT2D eigenvalue weighted by Crippen LogP contribution is -2.07. The van der Waals surface area contributed by atoms with Crippen molar-refractivity contribution in [1.29, 1.82) is 0 Å². The minimum Gasteiger partial charge on any atom is -0.493 e. The molecule has 3 heteroatoms. The first-order valence-electron chi connectivity index (χ1n) is 6.36. The number of methoxy groups -OCH3 is 1. The van der Waals surface area contributed by atoms with Gasteiger partial charge in [-0.15, -0.1) is 0 Å². The average Bonchev–Trinajstić information content (AvgIpc) is 2.36. The Balaban J connectivity index is 2.88. The van der Waals surface area contributed by atoms with Gasteiger partial charge in [-0.3, -0.25) is 4.79 Å². The van der Waals surface area contributed by atoms with E-state index in [0.29, 0.717) is 19.6 Å². The maximum Gasteiger partial charge on any atom is 0.165 e. The van der Waals surface area contributed by atoms with Crippen LogP contribution in [0.4, 0.5) is 0 Å². The van der Waals surface area contributed by atoms with E-state index in [-0.39, 0.29) is 5.78 Å². The Labute approximate surface area is 109 Å². The molecule has 0 heterocycles. The van der Waals surface area contributed by atoms with Crippen LogP contribution in [0.1, 0.15) is 41.3 Å². The lowest BCUT2D eigenvalue weighted by atomic mass is 9.99. The summed E-state index contributed by atoms with van der Waals surface area (Å²) in [5.41, 5.74) is 2.75. The molecule has 0 N–H and O–H groups in total. The van der Waals surface area contributed by atoms with E-state index in [1.54, 1.807) is 7.11 Å². The standard InChI is InChI=1S/C15H22O3/c1-5-7-18-15-10-11(2)13(9-12(15)3)14(16)6-8-17-4/h9-10H,5-8H2,1-4H3. The van der Waals surface area contributed by atoms with E-state index in [0.717, 1.165) is 28.9 Å². The molecule has 0 bridgehead atoms. The molecule has 0 aliphatic heterocycles. The first-order chi connectivity index (χ1) is 8.60. The Morgan fingerprint density at radius 1 is 1.17 bits per heavy atom. The second-order valence-electron chi connectivity index (χ2n) is 4.45. The van der Waals surface area contributed by atoms with Gasteiger partial charge in [-0.2, -0.15) is 0 Å². The lowest BCUT2D eigenvalue weighted by Gasteiger charge is -2.12. The van der Waals surface area contributed by atoms with Crippen molar-refractivity contribution < 1.29 is 14.3 Å². The summed E-state index contributed by atoms with van der Waals surface area (Å²) in [5, 5.41) is 0. The normalized spacial score (nSPS) is 10.4. The monoisotopic (exact) mass is 250 g/mol. The first-order valence-corrected chi connectivity index (χ1v) is 6.36. The minimum absolute atomic E-state index is 0.125. The van der Waals surface area contributed by atoms with Gasteiger partial charge in [0.15, 0.2) is 5.78 Å². The summed E-state index contributed by atoms with van der Waals surface area (Å²) in [6.45, 7) is 7.16. The largest absolute Gasteiger partial charge is 0.493 e. The molecule has 0 atom stereocenters. The zero-order chi connectivity index (χ0) is 13.5. The van der Waals surface area contributed by atoms with Crippen molar-refractivity contribution in [2.75, 3.05) is 20.3 Å². The summed E-state index contributed by atoms with van der Waals surface area (Å²) >= 11 is 0. The second kappa shape index (κ2) is 7.17. The third kappa shape index (κ3) is 3.84. The molecule has 3 nitrogen and oxygen atoms in total. The van der Waals surface area contributed by atoms with Crippen molar-refractivity contribution in [3.63, 3.8) is 0 Å². The average molecular weight is 250 g/mol. The molecule has 0 saturated carbocycles. The summed E-state index contributed by atoms with van der Waals surface area (Å²) in [7, 11) is 1.60. The smallest absolute Gasteiger partial charge is 0.165 e. The van der Waals surface area contributed by atoms with Crippen LogP contribution < -0.4 is 4.74 Å². The zero-order valence-corrected chi connectivity index (χ0v) is 11.7. The summed E-state index contributed by atoms with van der Waals surface area (Å²) in [5.74, 6) is 0.997. The predicted octanol–water partition coefficient (Wildman–Crippen LogP) is 3.31. The van der Waals surface area contributed by atoms with Gasteiger partial charge in [0.2, 0.25) is 0 Å². The van der Waals surface area contributed by atoms with E-state index in [9.17, 15) is 4.79 Å². The van der Waals surface area contributed by atoms with Crippen LogP contribution in [0.15, 0.2) is 12.1 Å². The number of hydrogen-bond donors (Lipinski definition) is 0. The summed E-state index contributed by atoms with van der Waals surface area (Å²) < 4.78 is 10.6. The second-order valence-corrected chi connectivity index (χ2v) is 4.45. The third-order valence-corrected chi connectivity index (χ3v) is 2.82. The molecule has 0 spiro atoms. The third-order valence-electron chi connectivity index (χ3n) is 2.82. The fourth-order valence-electron chi connectivity index (χ4n) is 1.79. The lowest BCUT2D eigenvalue weighted by molar-refractivity contribution is 0.0931. The number of Topliss-reactive ketones (excluding diaryl/α,β-unsaturated/α-hetero) is 1.